The Morgan fingerprint density at radius 3 is 2.57 bits per heavy atom. The van der Waals surface area contributed by atoms with Crippen molar-refractivity contribution in [1.29, 1.82) is 0 Å². The van der Waals surface area contributed by atoms with Crippen LogP contribution in [0.15, 0.2) is 53.1 Å². The van der Waals surface area contributed by atoms with E-state index >= 15 is 0 Å². The summed E-state index contributed by atoms with van der Waals surface area (Å²) < 4.78 is 5.17. The van der Waals surface area contributed by atoms with Gasteiger partial charge in [-0.25, -0.2) is 0 Å². The molecule has 1 aliphatic rings. The standard InChI is InChI=1S/C11H14.C9H8O/c1-8-3-5-10-6-4-9(2)11(10)7-8;1-7-2-3-9-8(6-7)4-5-10-9/h3,5,7,9H,4,6H2,1-2H3;2-6H,1H3. The van der Waals surface area contributed by atoms with E-state index in [2.05, 4.69) is 45.0 Å². The molecule has 3 aromatic rings. The van der Waals surface area contributed by atoms with Gasteiger partial charge in [0.2, 0.25) is 0 Å². The second-order valence-corrected chi connectivity index (χ2v) is 6.10. The van der Waals surface area contributed by atoms with E-state index in [1.807, 2.05) is 18.2 Å². The van der Waals surface area contributed by atoms with Crippen molar-refractivity contribution in [2.75, 3.05) is 0 Å². The van der Waals surface area contributed by atoms with Crippen molar-refractivity contribution < 1.29 is 4.42 Å². The summed E-state index contributed by atoms with van der Waals surface area (Å²) in [6, 6.07) is 15.0. The van der Waals surface area contributed by atoms with Gasteiger partial charge in [-0.3, -0.25) is 0 Å². The summed E-state index contributed by atoms with van der Waals surface area (Å²) in [5.41, 5.74) is 6.80. The molecule has 1 unspecified atom stereocenters. The van der Waals surface area contributed by atoms with Gasteiger partial charge < -0.3 is 4.42 Å². The van der Waals surface area contributed by atoms with Gasteiger partial charge in [0.1, 0.15) is 5.58 Å². The second-order valence-electron chi connectivity index (χ2n) is 6.10. The van der Waals surface area contributed by atoms with Crippen LogP contribution in [0, 0.1) is 13.8 Å². The lowest BCUT2D eigenvalue weighted by atomic mass is 10.0. The molecule has 1 heteroatoms. The van der Waals surface area contributed by atoms with E-state index in [9.17, 15) is 0 Å². The molecule has 0 fully saturated rings. The normalized spacial score (nSPS) is 16.4. The molecule has 0 aliphatic heterocycles. The minimum Gasteiger partial charge on any atom is -0.464 e. The number of furan rings is 1. The molecule has 21 heavy (non-hydrogen) atoms. The van der Waals surface area contributed by atoms with Crippen LogP contribution in [0.25, 0.3) is 11.0 Å². The number of hydrogen-bond donors (Lipinski definition) is 0. The highest BCUT2D eigenvalue weighted by Crippen LogP contribution is 2.32. The van der Waals surface area contributed by atoms with Crippen LogP contribution in [-0.4, -0.2) is 0 Å². The van der Waals surface area contributed by atoms with Gasteiger partial charge in [-0.2, -0.15) is 0 Å². The number of aryl methyl sites for hydroxylation is 3. The maximum absolute atomic E-state index is 5.17. The summed E-state index contributed by atoms with van der Waals surface area (Å²) in [5.74, 6) is 0.796. The molecule has 108 valence electrons. The molecule has 2 aromatic carbocycles. The lowest BCUT2D eigenvalue weighted by Gasteiger charge is -2.04. The van der Waals surface area contributed by atoms with Crippen LogP contribution in [0.4, 0.5) is 0 Å². The van der Waals surface area contributed by atoms with E-state index in [0.717, 1.165) is 11.5 Å². The first-order chi connectivity index (χ1) is 10.1. The van der Waals surface area contributed by atoms with Crippen LogP contribution in [0.3, 0.4) is 0 Å². The lowest BCUT2D eigenvalue weighted by Crippen LogP contribution is -1.86. The smallest absolute Gasteiger partial charge is 0.133 e. The van der Waals surface area contributed by atoms with Crippen molar-refractivity contribution in [1.82, 2.24) is 0 Å². The molecule has 1 nitrogen and oxygen atoms in total. The topological polar surface area (TPSA) is 13.1 Å². The first kappa shape index (κ1) is 13.9. The third-order valence-corrected chi connectivity index (χ3v) is 4.29. The van der Waals surface area contributed by atoms with Crippen LogP contribution in [0.1, 0.15) is 41.5 Å². The van der Waals surface area contributed by atoms with Gasteiger partial charge in [0.25, 0.3) is 0 Å². The predicted octanol–water partition coefficient (Wildman–Crippen LogP) is 5.79. The molecular weight excluding hydrogens is 256 g/mol. The number of hydrogen-bond acceptors (Lipinski definition) is 1. The van der Waals surface area contributed by atoms with Crippen molar-refractivity contribution in [3.63, 3.8) is 0 Å². The summed E-state index contributed by atoms with van der Waals surface area (Å²) in [5, 5.41) is 1.18. The maximum Gasteiger partial charge on any atom is 0.133 e. The van der Waals surface area contributed by atoms with Crippen LogP contribution in [0.2, 0.25) is 0 Å². The third-order valence-electron chi connectivity index (χ3n) is 4.29. The molecule has 0 N–H and O–H groups in total. The van der Waals surface area contributed by atoms with E-state index in [0.29, 0.717) is 0 Å². The Morgan fingerprint density at radius 1 is 0.952 bits per heavy atom. The molecule has 0 bridgehead atoms. The molecule has 0 amide bonds. The summed E-state index contributed by atoms with van der Waals surface area (Å²) >= 11 is 0. The summed E-state index contributed by atoms with van der Waals surface area (Å²) in [7, 11) is 0. The second kappa shape index (κ2) is 5.77. The van der Waals surface area contributed by atoms with Gasteiger partial charge in [-0.1, -0.05) is 42.3 Å². The Balaban J connectivity index is 0.000000126. The van der Waals surface area contributed by atoms with Gasteiger partial charge in [-0.15, -0.1) is 0 Å². The Hall–Kier alpha value is -2.02. The highest BCUT2D eigenvalue weighted by atomic mass is 16.3. The Kier molecular flexibility index (Phi) is 3.83. The van der Waals surface area contributed by atoms with Gasteiger partial charge in [0.15, 0.2) is 0 Å². The van der Waals surface area contributed by atoms with E-state index in [-0.39, 0.29) is 0 Å². The van der Waals surface area contributed by atoms with Crippen LogP contribution < -0.4 is 0 Å². The fourth-order valence-electron chi connectivity index (χ4n) is 3.01. The average Bonchev–Trinajstić information content (AvgIpc) is 3.06. The van der Waals surface area contributed by atoms with Crippen LogP contribution >= 0.6 is 0 Å². The molecule has 1 heterocycles. The molecule has 0 spiro atoms. The molecule has 0 saturated heterocycles. The lowest BCUT2D eigenvalue weighted by molar-refractivity contribution is 0.616. The first-order valence-corrected chi connectivity index (χ1v) is 7.67. The molecular formula is C20H22O. The highest BCUT2D eigenvalue weighted by molar-refractivity contribution is 5.77. The quantitative estimate of drug-likeness (QED) is 0.507. The zero-order valence-corrected chi connectivity index (χ0v) is 13.0. The van der Waals surface area contributed by atoms with Gasteiger partial charge in [0.05, 0.1) is 6.26 Å². The van der Waals surface area contributed by atoms with Crippen molar-refractivity contribution >= 4 is 11.0 Å². The molecule has 0 saturated carbocycles. The average molecular weight is 278 g/mol. The van der Waals surface area contributed by atoms with Gasteiger partial charge in [-0.05, 0) is 61.9 Å². The minimum atomic E-state index is 0.796. The monoisotopic (exact) mass is 278 g/mol. The molecule has 0 radical (unpaired) electrons. The van der Waals surface area contributed by atoms with Crippen LogP contribution in [0.5, 0.6) is 0 Å². The Bertz CT molecular complexity index is 751. The minimum absolute atomic E-state index is 0.796. The Morgan fingerprint density at radius 2 is 1.71 bits per heavy atom. The Labute approximate surface area is 126 Å². The first-order valence-electron chi connectivity index (χ1n) is 7.67. The number of benzene rings is 2. The molecule has 4 rings (SSSR count). The van der Waals surface area contributed by atoms with Crippen molar-refractivity contribution in [2.24, 2.45) is 0 Å². The zero-order valence-electron chi connectivity index (χ0n) is 13.0. The molecule has 1 aliphatic carbocycles. The summed E-state index contributed by atoms with van der Waals surface area (Å²) in [6.07, 6.45) is 4.35. The number of rotatable bonds is 0. The van der Waals surface area contributed by atoms with Crippen molar-refractivity contribution in [3.8, 4) is 0 Å². The largest absolute Gasteiger partial charge is 0.464 e. The van der Waals surface area contributed by atoms with E-state index in [1.54, 1.807) is 17.4 Å². The van der Waals surface area contributed by atoms with Gasteiger partial charge >= 0.3 is 0 Å². The van der Waals surface area contributed by atoms with E-state index < -0.39 is 0 Å². The SMILES string of the molecule is Cc1ccc2c(c1)C(C)CC2.Cc1ccc2occc2c1. The molecule has 1 aromatic heterocycles. The number of fused-ring (bicyclic) bond motifs is 2. The van der Waals surface area contributed by atoms with Crippen molar-refractivity contribution in [2.45, 2.75) is 39.5 Å². The zero-order chi connectivity index (χ0) is 14.8. The predicted molar refractivity (Wildman–Crippen MR) is 88.9 cm³/mol. The van der Waals surface area contributed by atoms with Crippen molar-refractivity contribution in [3.05, 3.63) is 71.0 Å². The fraction of sp³-hybridized carbons (Fsp3) is 0.300. The van der Waals surface area contributed by atoms with E-state index in [4.69, 9.17) is 4.42 Å². The van der Waals surface area contributed by atoms with Crippen LogP contribution in [-0.2, 0) is 6.42 Å². The highest BCUT2D eigenvalue weighted by Gasteiger charge is 2.17. The van der Waals surface area contributed by atoms with E-state index in [1.165, 1.54) is 29.4 Å². The van der Waals surface area contributed by atoms with Gasteiger partial charge in [0, 0.05) is 5.39 Å². The summed E-state index contributed by atoms with van der Waals surface area (Å²) in [6.45, 7) is 6.57. The fourth-order valence-corrected chi connectivity index (χ4v) is 3.01. The molecule has 1 atom stereocenters. The summed E-state index contributed by atoms with van der Waals surface area (Å²) in [4.78, 5) is 0. The maximum atomic E-state index is 5.17. The third kappa shape index (κ3) is 3.02.